The second-order valence-corrected chi connectivity index (χ2v) is 7.62. The van der Waals surface area contributed by atoms with Crippen molar-refractivity contribution in [1.82, 2.24) is 9.78 Å². The Morgan fingerprint density at radius 3 is 2.70 bits per heavy atom. The number of carbonyl (C=O) groups is 2. The molecule has 1 aromatic heterocycles. The summed E-state index contributed by atoms with van der Waals surface area (Å²) < 4.78 is 12.3. The number of aromatic nitrogens is 2. The topological polar surface area (TPSA) is 108 Å². The number of fused-ring (bicyclic) bond motifs is 1. The van der Waals surface area contributed by atoms with Crippen LogP contribution in [0.5, 0.6) is 11.5 Å². The van der Waals surface area contributed by atoms with Crippen LogP contribution >= 0.6 is 11.6 Å². The van der Waals surface area contributed by atoms with Crippen LogP contribution in [0.4, 0.5) is 5.82 Å². The van der Waals surface area contributed by atoms with Crippen LogP contribution in [0.1, 0.15) is 15.9 Å². The number of halogens is 1. The van der Waals surface area contributed by atoms with Gasteiger partial charge in [0.2, 0.25) is 0 Å². The van der Waals surface area contributed by atoms with E-state index in [1.165, 1.54) is 19.2 Å². The van der Waals surface area contributed by atoms with Crippen molar-refractivity contribution in [3.05, 3.63) is 83.0 Å². The monoisotopic (exact) mass is 464 g/mol. The first-order valence-electron chi connectivity index (χ1n) is 10.0. The number of nitrogens with zero attached hydrogens (tertiary/aromatic N) is 2. The Bertz CT molecular complexity index is 1330. The number of hydrogen-bond acceptors (Lipinski definition) is 5. The molecule has 0 unspecified atom stereocenters. The second kappa shape index (κ2) is 9.62. The summed E-state index contributed by atoms with van der Waals surface area (Å²) in [4.78, 5) is 24.0. The first-order chi connectivity index (χ1) is 16.0. The smallest absolute Gasteiger partial charge is 0.257 e. The van der Waals surface area contributed by atoms with Crippen LogP contribution in [0, 0.1) is 0 Å². The Labute approximate surface area is 194 Å². The van der Waals surface area contributed by atoms with Crippen LogP contribution in [0.2, 0.25) is 5.02 Å². The lowest BCUT2D eigenvalue weighted by atomic mass is 10.0. The van der Waals surface area contributed by atoms with E-state index in [4.69, 9.17) is 26.8 Å². The lowest BCUT2D eigenvalue weighted by Crippen LogP contribution is -2.20. The van der Waals surface area contributed by atoms with Crippen molar-refractivity contribution in [2.75, 3.05) is 19.0 Å². The molecule has 0 fully saturated rings. The van der Waals surface area contributed by atoms with Gasteiger partial charge in [0.1, 0.15) is 5.82 Å². The molecule has 1 heterocycles. The molecule has 0 spiro atoms. The number of primary amides is 1. The number of ether oxygens (including phenoxy) is 2. The van der Waals surface area contributed by atoms with Gasteiger partial charge in [-0.05, 0) is 28.5 Å². The molecular formula is C24H21ClN4O4. The average molecular weight is 465 g/mol. The average Bonchev–Trinajstić information content (AvgIpc) is 3.24. The normalized spacial score (nSPS) is 10.7. The van der Waals surface area contributed by atoms with Gasteiger partial charge < -0.3 is 20.5 Å². The lowest BCUT2D eigenvalue weighted by Gasteiger charge is -2.14. The minimum atomic E-state index is -0.658. The largest absolute Gasteiger partial charge is 0.493 e. The van der Waals surface area contributed by atoms with E-state index < -0.39 is 11.8 Å². The molecular weight excluding hydrogens is 444 g/mol. The van der Waals surface area contributed by atoms with Crippen molar-refractivity contribution in [1.29, 1.82) is 0 Å². The minimum Gasteiger partial charge on any atom is -0.493 e. The molecule has 8 nitrogen and oxygen atoms in total. The summed E-state index contributed by atoms with van der Waals surface area (Å²) in [7, 11) is 1.41. The maximum Gasteiger partial charge on any atom is 0.257 e. The number of carbonyl (C=O) groups excluding carboxylic acids is 2. The van der Waals surface area contributed by atoms with Crippen LogP contribution in [0.25, 0.3) is 10.8 Å². The predicted octanol–water partition coefficient (Wildman–Crippen LogP) is 3.86. The minimum absolute atomic E-state index is 0.116. The Hall–Kier alpha value is -4.04. The van der Waals surface area contributed by atoms with Crippen molar-refractivity contribution >= 4 is 40.0 Å². The molecule has 0 saturated carbocycles. The van der Waals surface area contributed by atoms with E-state index >= 15 is 0 Å². The summed E-state index contributed by atoms with van der Waals surface area (Å²) in [6, 6.07) is 18.8. The van der Waals surface area contributed by atoms with E-state index in [1.54, 1.807) is 16.9 Å². The molecule has 0 aliphatic rings. The van der Waals surface area contributed by atoms with E-state index in [-0.39, 0.29) is 28.7 Å². The van der Waals surface area contributed by atoms with Gasteiger partial charge in [-0.2, -0.15) is 5.10 Å². The molecule has 0 aliphatic heterocycles. The summed E-state index contributed by atoms with van der Waals surface area (Å²) in [5.41, 5.74) is 6.44. The number of rotatable bonds is 8. The fourth-order valence-corrected chi connectivity index (χ4v) is 3.74. The molecule has 9 heteroatoms. The van der Waals surface area contributed by atoms with Gasteiger partial charge in [0, 0.05) is 11.6 Å². The Kier molecular flexibility index (Phi) is 6.46. The second-order valence-electron chi connectivity index (χ2n) is 7.21. The summed E-state index contributed by atoms with van der Waals surface area (Å²) in [6.07, 6.45) is 1.62. The van der Waals surface area contributed by atoms with E-state index in [1.807, 2.05) is 24.3 Å². The summed E-state index contributed by atoms with van der Waals surface area (Å²) in [6.45, 7) is 0.114. The number of anilines is 1. The zero-order chi connectivity index (χ0) is 23.4. The Morgan fingerprint density at radius 1 is 1.12 bits per heavy atom. The van der Waals surface area contributed by atoms with Gasteiger partial charge in [-0.1, -0.05) is 54.1 Å². The van der Waals surface area contributed by atoms with Crippen molar-refractivity contribution in [3.8, 4) is 11.5 Å². The quantitative estimate of drug-likeness (QED) is 0.411. The number of nitrogens with one attached hydrogen (secondary N) is 1. The van der Waals surface area contributed by atoms with Crippen LogP contribution in [0.15, 0.2) is 66.9 Å². The zero-order valence-electron chi connectivity index (χ0n) is 17.7. The van der Waals surface area contributed by atoms with E-state index in [2.05, 4.69) is 28.6 Å². The first kappa shape index (κ1) is 22.2. The summed E-state index contributed by atoms with van der Waals surface area (Å²) in [5.74, 6) is -0.198. The maximum atomic E-state index is 12.9. The third-order valence-electron chi connectivity index (χ3n) is 5.01. The lowest BCUT2D eigenvalue weighted by molar-refractivity contribution is -0.119. The van der Waals surface area contributed by atoms with Gasteiger partial charge >= 0.3 is 0 Å². The van der Waals surface area contributed by atoms with Gasteiger partial charge in [0.25, 0.3) is 11.8 Å². The molecule has 0 aliphatic carbocycles. The highest BCUT2D eigenvalue weighted by Gasteiger charge is 2.18. The van der Waals surface area contributed by atoms with Crippen LogP contribution in [-0.2, 0) is 11.3 Å². The van der Waals surface area contributed by atoms with Crippen LogP contribution in [0.3, 0.4) is 0 Å². The third-order valence-corrected chi connectivity index (χ3v) is 5.29. The van der Waals surface area contributed by atoms with Crippen molar-refractivity contribution < 1.29 is 19.1 Å². The highest BCUT2D eigenvalue weighted by molar-refractivity contribution is 6.32. The van der Waals surface area contributed by atoms with Crippen LogP contribution in [-0.4, -0.2) is 35.3 Å². The van der Waals surface area contributed by atoms with Crippen molar-refractivity contribution in [2.45, 2.75) is 6.54 Å². The zero-order valence-corrected chi connectivity index (χ0v) is 18.5. The molecule has 4 rings (SSSR count). The molecule has 3 aromatic carbocycles. The molecule has 33 heavy (non-hydrogen) atoms. The molecule has 0 saturated heterocycles. The Balaban J connectivity index is 1.56. The van der Waals surface area contributed by atoms with Gasteiger partial charge in [-0.15, -0.1) is 0 Å². The molecule has 168 valence electrons. The van der Waals surface area contributed by atoms with Gasteiger partial charge in [0.15, 0.2) is 18.1 Å². The SMILES string of the molecule is COc1cc(C(=O)Nc2ccnn2Cc2cccc3ccccc23)cc(Cl)c1OCC(N)=O. The molecule has 0 atom stereocenters. The van der Waals surface area contributed by atoms with E-state index in [9.17, 15) is 9.59 Å². The number of benzene rings is 3. The summed E-state index contributed by atoms with van der Waals surface area (Å²) in [5, 5.41) is 9.58. The maximum absolute atomic E-state index is 12.9. The number of nitrogens with two attached hydrogens (primary N) is 1. The molecule has 0 bridgehead atoms. The van der Waals surface area contributed by atoms with Gasteiger partial charge in [-0.3, -0.25) is 9.59 Å². The predicted molar refractivity (Wildman–Crippen MR) is 126 cm³/mol. The number of amides is 2. The van der Waals surface area contributed by atoms with Crippen LogP contribution < -0.4 is 20.5 Å². The summed E-state index contributed by atoms with van der Waals surface area (Å²) >= 11 is 6.26. The first-order valence-corrected chi connectivity index (χ1v) is 10.4. The molecule has 0 radical (unpaired) electrons. The van der Waals surface area contributed by atoms with Gasteiger partial charge in [0.05, 0.1) is 24.9 Å². The van der Waals surface area contributed by atoms with Gasteiger partial charge in [-0.25, -0.2) is 4.68 Å². The standard InChI is InChI=1S/C24H21ClN4O4/c1-32-20-12-17(11-19(25)23(20)33-14-21(26)30)24(31)28-22-9-10-27-29(22)13-16-7-4-6-15-5-2-3-8-18(15)16/h2-12H,13-14H2,1H3,(H2,26,30)(H,28,31). The van der Waals surface area contributed by atoms with Crippen molar-refractivity contribution in [2.24, 2.45) is 5.73 Å². The fraction of sp³-hybridized carbons (Fsp3) is 0.125. The fourth-order valence-electron chi connectivity index (χ4n) is 3.48. The highest BCUT2D eigenvalue weighted by atomic mass is 35.5. The van der Waals surface area contributed by atoms with Crippen molar-refractivity contribution in [3.63, 3.8) is 0 Å². The molecule has 4 aromatic rings. The highest BCUT2D eigenvalue weighted by Crippen LogP contribution is 2.36. The molecule has 3 N–H and O–H groups in total. The number of hydrogen-bond donors (Lipinski definition) is 2. The van der Waals surface area contributed by atoms with E-state index in [0.717, 1.165) is 16.3 Å². The van der Waals surface area contributed by atoms with E-state index in [0.29, 0.717) is 12.4 Å². The third kappa shape index (κ3) is 4.91. The molecule has 2 amide bonds. The number of methoxy groups -OCH3 is 1. The Morgan fingerprint density at radius 2 is 1.91 bits per heavy atom.